The predicted molar refractivity (Wildman–Crippen MR) is 91.2 cm³/mol. The standard InChI is InChI=1S/C18H23FN4O/c1-18(12-20,13-7-8-13)22-16(24)11-21-17-14(19)5-4-6-15(17)23-9-2-3-10-23/h4-6,13,21H,2-3,7-11H2,1H3,(H,22,24). The van der Waals surface area contributed by atoms with Crippen LogP contribution in [0.15, 0.2) is 18.2 Å². The highest BCUT2D eigenvalue weighted by atomic mass is 19.1. The monoisotopic (exact) mass is 330 g/mol. The number of halogens is 1. The number of nitrogens with one attached hydrogen (secondary N) is 2. The lowest BCUT2D eigenvalue weighted by molar-refractivity contribution is -0.120. The number of hydrogen-bond donors (Lipinski definition) is 2. The molecule has 1 saturated carbocycles. The minimum atomic E-state index is -0.828. The van der Waals surface area contributed by atoms with Crippen LogP contribution in [0, 0.1) is 23.1 Å². The van der Waals surface area contributed by atoms with Gasteiger partial charge in [-0.15, -0.1) is 0 Å². The van der Waals surface area contributed by atoms with E-state index < -0.39 is 5.54 Å². The Labute approximate surface area is 141 Å². The normalized spacial score (nSPS) is 19.5. The second-order valence-electron chi connectivity index (χ2n) is 6.82. The maximum Gasteiger partial charge on any atom is 0.240 e. The Morgan fingerprint density at radius 1 is 1.42 bits per heavy atom. The van der Waals surface area contributed by atoms with Gasteiger partial charge in [-0.2, -0.15) is 5.26 Å². The van der Waals surface area contributed by atoms with Crippen LogP contribution in [0.3, 0.4) is 0 Å². The number of anilines is 2. The van der Waals surface area contributed by atoms with Gasteiger partial charge in [0.2, 0.25) is 5.91 Å². The van der Waals surface area contributed by atoms with E-state index in [4.69, 9.17) is 0 Å². The predicted octanol–water partition coefficient (Wildman–Crippen LogP) is 2.65. The molecule has 1 unspecified atom stereocenters. The summed E-state index contributed by atoms with van der Waals surface area (Å²) in [5.41, 5.74) is 0.330. The molecule has 2 N–H and O–H groups in total. The van der Waals surface area contributed by atoms with Gasteiger partial charge in [-0.25, -0.2) is 4.39 Å². The van der Waals surface area contributed by atoms with Gasteiger partial charge in [0, 0.05) is 13.1 Å². The Morgan fingerprint density at radius 3 is 2.75 bits per heavy atom. The highest BCUT2D eigenvalue weighted by Gasteiger charge is 2.42. The molecular weight excluding hydrogens is 307 g/mol. The molecule has 2 aliphatic rings. The number of carbonyl (C=O) groups excluding carboxylic acids is 1. The third-order valence-electron chi connectivity index (χ3n) is 4.89. The minimum Gasteiger partial charge on any atom is -0.372 e. The van der Waals surface area contributed by atoms with Crippen LogP contribution in [0.2, 0.25) is 0 Å². The molecule has 1 aliphatic carbocycles. The van der Waals surface area contributed by atoms with Crippen molar-refractivity contribution < 1.29 is 9.18 Å². The van der Waals surface area contributed by atoms with E-state index in [9.17, 15) is 14.4 Å². The maximum atomic E-state index is 14.2. The quantitative estimate of drug-likeness (QED) is 0.841. The van der Waals surface area contributed by atoms with E-state index >= 15 is 0 Å². The van der Waals surface area contributed by atoms with E-state index in [0.717, 1.165) is 44.5 Å². The van der Waals surface area contributed by atoms with Crippen molar-refractivity contribution >= 4 is 17.3 Å². The molecule has 24 heavy (non-hydrogen) atoms. The molecule has 6 heteroatoms. The van der Waals surface area contributed by atoms with Crippen molar-refractivity contribution in [2.75, 3.05) is 29.9 Å². The Kier molecular flexibility index (Phi) is 4.61. The third kappa shape index (κ3) is 3.45. The molecular formula is C18H23FN4O. The van der Waals surface area contributed by atoms with Gasteiger partial charge in [0.15, 0.2) is 0 Å². The average molecular weight is 330 g/mol. The zero-order chi connectivity index (χ0) is 17.2. The largest absolute Gasteiger partial charge is 0.372 e. The first-order valence-corrected chi connectivity index (χ1v) is 8.53. The number of para-hydroxylation sites is 1. The van der Waals surface area contributed by atoms with E-state index in [2.05, 4.69) is 21.6 Å². The summed E-state index contributed by atoms with van der Waals surface area (Å²) in [4.78, 5) is 14.3. The van der Waals surface area contributed by atoms with E-state index in [0.29, 0.717) is 5.69 Å². The van der Waals surface area contributed by atoms with Crippen LogP contribution < -0.4 is 15.5 Å². The van der Waals surface area contributed by atoms with Crippen molar-refractivity contribution in [3.63, 3.8) is 0 Å². The van der Waals surface area contributed by atoms with Crippen molar-refractivity contribution in [3.8, 4) is 6.07 Å². The van der Waals surface area contributed by atoms with Crippen molar-refractivity contribution in [2.24, 2.45) is 5.92 Å². The molecule has 1 aromatic carbocycles. The Balaban J connectivity index is 1.66. The first kappa shape index (κ1) is 16.6. The topological polar surface area (TPSA) is 68.2 Å². The smallest absolute Gasteiger partial charge is 0.240 e. The molecule has 1 amide bonds. The fourth-order valence-electron chi connectivity index (χ4n) is 3.29. The highest BCUT2D eigenvalue weighted by molar-refractivity contribution is 5.84. The summed E-state index contributed by atoms with van der Waals surface area (Å²) < 4.78 is 14.2. The van der Waals surface area contributed by atoms with Gasteiger partial charge in [0.05, 0.1) is 24.0 Å². The van der Waals surface area contributed by atoms with Crippen LogP contribution in [0.5, 0.6) is 0 Å². The summed E-state index contributed by atoms with van der Waals surface area (Å²) in [5, 5.41) is 15.0. The molecule has 1 heterocycles. The fraction of sp³-hybridized carbons (Fsp3) is 0.556. The number of hydrogen-bond acceptors (Lipinski definition) is 4. The number of nitriles is 1. The molecule has 0 spiro atoms. The van der Waals surface area contributed by atoms with Crippen LogP contribution in [-0.2, 0) is 4.79 Å². The van der Waals surface area contributed by atoms with Gasteiger partial charge in [0.25, 0.3) is 0 Å². The van der Waals surface area contributed by atoms with Gasteiger partial charge >= 0.3 is 0 Å². The summed E-state index contributed by atoms with van der Waals surface area (Å²) in [5.74, 6) is -0.431. The lowest BCUT2D eigenvalue weighted by Crippen LogP contribution is -2.48. The number of amides is 1. The van der Waals surface area contributed by atoms with Crippen LogP contribution in [0.25, 0.3) is 0 Å². The van der Waals surface area contributed by atoms with Gasteiger partial charge in [-0.1, -0.05) is 6.07 Å². The average Bonchev–Trinajstić information content (AvgIpc) is 3.30. The molecule has 0 radical (unpaired) electrons. The summed E-state index contributed by atoms with van der Waals surface area (Å²) in [6.45, 7) is 3.50. The number of benzene rings is 1. The number of carbonyl (C=O) groups is 1. The van der Waals surface area contributed by atoms with Crippen molar-refractivity contribution in [2.45, 2.75) is 38.1 Å². The second-order valence-corrected chi connectivity index (χ2v) is 6.82. The SMILES string of the molecule is CC(C#N)(NC(=O)CNc1c(F)cccc1N1CCCC1)C1CC1. The molecule has 128 valence electrons. The van der Waals surface area contributed by atoms with Gasteiger partial charge in [-0.3, -0.25) is 4.79 Å². The zero-order valence-electron chi connectivity index (χ0n) is 13.9. The van der Waals surface area contributed by atoms with Crippen LogP contribution in [0.1, 0.15) is 32.6 Å². The minimum absolute atomic E-state index is 0.0498. The van der Waals surface area contributed by atoms with E-state index in [1.54, 1.807) is 13.0 Å². The first-order chi connectivity index (χ1) is 11.5. The number of nitrogens with zero attached hydrogens (tertiary/aromatic N) is 2. The molecule has 5 nitrogen and oxygen atoms in total. The molecule has 1 aromatic rings. The van der Waals surface area contributed by atoms with E-state index in [1.165, 1.54) is 6.07 Å². The van der Waals surface area contributed by atoms with E-state index in [-0.39, 0.29) is 24.2 Å². The summed E-state index contributed by atoms with van der Waals surface area (Å²) in [6, 6.07) is 7.15. The van der Waals surface area contributed by atoms with Crippen molar-refractivity contribution in [1.82, 2.24) is 5.32 Å². The Morgan fingerprint density at radius 2 is 2.12 bits per heavy atom. The van der Waals surface area contributed by atoms with Gasteiger partial charge in [-0.05, 0) is 50.7 Å². The second kappa shape index (κ2) is 6.68. The van der Waals surface area contributed by atoms with Crippen LogP contribution >= 0.6 is 0 Å². The van der Waals surface area contributed by atoms with Crippen molar-refractivity contribution in [3.05, 3.63) is 24.0 Å². The summed E-state index contributed by atoms with van der Waals surface area (Å²) in [6.07, 6.45) is 4.12. The van der Waals surface area contributed by atoms with Crippen molar-refractivity contribution in [1.29, 1.82) is 5.26 Å². The maximum absolute atomic E-state index is 14.2. The Hall–Kier alpha value is -2.29. The lowest BCUT2D eigenvalue weighted by Gasteiger charge is -2.24. The Bertz CT molecular complexity index is 661. The van der Waals surface area contributed by atoms with Crippen LogP contribution in [-0.4, -0.2) is 31.1 Å². The molecule has 0 bridgehead atoms. The van der Waals surface area contributed by atoms with Crippen LogP contribution in [0.4, 0.5) is 15.8 Å². The van der Waals surface area contributed by atoms with Gasteiger partial charge in [0.1, 0.15) is 11.4 Å². The fourth-order valence-corrected chi connectivity index (χ4v) is 3.29. The molecule has 2 fully saturated rings. The molecule has 1 saturated heterocycles. The molecule has 1 aliphatic heterocycles. The number of rotatable bonds is 6. The first-order valence-electron chi connectivity index (χ1n) is 8.53. The molecule has 3 rings (SSSR count). The van der Waals surface area contributed by atoms with E-state index in [1.807, 2.05) is 6.07 Å². The van der Waals surface area contributed by atoms with Gasteiger partial charge < -0.3 is 15.5 Å². The summed E-state index contributed by atoms with van der Waals surface area (Å²) in [7, 11) is 0. The third-order valence-corrected chi connectivity index (χ3v) is 4.89. The summed E-state index contributed by atoms with van der Waals surface area (Å²) >= 11 is 0. The lowest BCUT2D eigenvalue weighted by atomic mass is 9.98. The highest BCUT2D eigenvalue weighted by Crippen LogP contribution is 2.39. The molecule has 1 atom stereocenters. The molecule has 0 aromatic heterocycles. The zero-order valence-corrected chi connectivity index (χ0v) is 13.9.